The summed E-state index contributed by atoms with van der Waals surface area (Å²) in [7, 11) is 0. The van der Waals surface area contributed by atoms with Gasteiger partial charge in [0.25, 0.3) is 0 Å². The quantitative estimate of drug-likeness (QED) is 0.847. The molecule has 0 aliphatic heterocycles. The number of nitrogens with one attached hydrogen (secondary N) is 2. The number of aromatic nitrogens is 2. The first-order valence-corrected chi connectivity index (χ1v) is 6.49. The topological polar surface area (TPSA) is 40.7 Å². The molecule has 1 atom stereocenters. The molecule has 1 aromatic heterocycles. The molecule has 1 unspecified atom stereocenters. The van der Waals surface area contributed by atoms with Gasteiger partial charge in [-0.05, 0) is 26.0 Å². The third kappa shape index (κ3) is 3.20. The Kier molecular flexibility index (Phi) is 4.15. The summed E-state index contributed by atoms with van der Waals surface area (Å²) in [6, 6.07) is 7.03. The Morgan fingerprint density at radius 1 is 1.22 bits per heavy atom. The maximum atomic E-state index is 4.31. The molecule has 0 radical (unpaired) electrons. The SMILES string of the molecule is CCNC(Cc1ncc[nH]1)c1cc(C)cc(C)c1. The van der Waals surface area contributed by atoms with E-state index in [1.54, 1.807) is 6.20 Å². The number of benzene rings is 1. The molecule has 0 saturated carbocycles. The van der Waals surface area contributed by atoms with E-state index < -0.39 is 0 Å². The van der Waals surface area contributed by atoms with Crippen molar-refractivity contribution in [2.45, 2.75) is 33.2 Å². The lowest BCUT2D eigenvalue weighted by molar-refractivity contribution is 0.538. The van der Waals surface area contributed by atoms with Crippen molar-refractivity contribution in [2.24, 2.45) is 0 Å². The summed E-state index contributed by atoms with van der Waals surface area (Å²) in [5, 5.41) is 3.53. The summed E-state index contributed by atoms with van der Waals surface area (Å²) < 4.78 is 0. The third-order valence-corrected chi connectivity index (χ3v) is 3.05. The van der Waals surface area contributed by atoms with Gasteiger partial charge in [0.05, 0.1) is 0 Å². The number of nitrogens with zero attached hydrogens (tertiary/aromatic N) is 1. The van der Waals surface area contributed by atoms with Crippen molar-refractivity contribution in [1.29, 1.82) is 0 Å². The monoisotopic (exact) mass is 243 g/mol. The maximum absolute atomic E-state index is 4.31. The van der Waals surface area contributed by atoms with Crippen molar-refractivity contribution >= 4 is 0 Å². The van der Waals surface area contributed by atoms with Crippen LogP contribution in [0.4, 0.5) is 0 Å². The van der Waals surface area contributed by atoms with Gasteiger partial charge in [0.1, 0.15) is 5.82 Å². The van der Waals surface area contributed by atoms with Crippen LogP contribution in [0.2, 0.25) is 0 Å². The zero-order chi connectivity index (χ0) is 13.0. The van der Waals surface area contributed by atoms with Crippen LogP contribution in [-0.4, -0.2) is 16.5 Å². The first kappa shape index (κ1) is 12.8. The van der Waals surface area contributed by atoms with Crippen LogP contribution in [-0.2, 0) is 6.42 Å². The second-order valence-electron chi connectivity index (χ2n) is 4.77. The van der Waals surface area contributed by atoms with E-state index in [-0.39, 0.29) is 0 Å². The minimum absolute atomic E-state index is 0.319. The number of likely N-dealkylation sites (N-methyl/N-ethyl adjacent to an activating group) is 1. The number of rotatable bonds is 5. The Labute approximate surface area is 109 Å². The van der Waals surface area contributed by atoms with Gasteiger partial charge in [0, 0.05) is 24.9 Å². The molecule has 0 spiro atoms. The van der Waals surface area contributed by atoms with Gasteiger partial charge in [-0.25, -0.2) is 4.98 Å². The van der Waals surface area contributed by atoms with Crippen LogP contribution >= 0.6 is 0 Å². The highest BCUT2D eigenvalue weighted by atomic mass is 14.9. The first-order chi connectivity index (χ1) is 8.69. The molecule has 2 rings (SSSR count). The lowest BCUT2D eigenvalue weighted by Gasteiger charge is -2.18. The van der Waals surface area contributed by atoms with E-state index in [0.717, 1.165) is 18.8 Å². The van der Waals surface area contributed by atoms with Gasteiger partial charge in [-0.15, -0.1) is 0 Å². The second kappa shape index (κ2) is 5.83. The van der Waals surface area contributed by atoms with Crippen LogP contribution in [0.15, 0.2) is 30.6 Å². The minimum atomic E-state index is 0.319. The van der Waals surface area contributed by atoms with E-state index in [9.17, 15) is 0 Å². The molecule has 1 heterocycles. The number of H-pyrrole nitrogens is 1. The second-order valence-corrected chi connectivity index (χ2v) is 4.77. The molecule has 96 valence electrons. The van der Waals surface area contributed by atoms with E-state index in [1.165, 1.54) is 16.7 Å². The van der Waals surface area contributed by atoms with E-state index in [2.05, 4.69) is 54.3 Å². The van der Waals surface area contributed by atoms with Crippen molar-refractivity contribution in [3.8, 4) is 0 Å². The van der Waals surface area contributed by atoms with Crippen molar-refractivity contribution in [3.63, 3.8) is 0 Å². The van der Waals surface area contributed by atoms with Crippen molar-refractivity contribution in [1.82, 2.24) is 15.3 Å². The molecule has 18 heavy (non-hydrogen) atoms. The van der Waals surface area contributed by atoms with Crippen LogP contribution in [0.1, 0.15) is 35.5 Å². The summed E-state index contributed by atoms with van der Waals surface area (Å²) >= 11 is 0. The number of hydrogen-bond donors (Lipinski definition) is 2. The van der Waals surface area contributed by atoms with Crippen LogP contribution < -0.4 is 5.32 Å². The Morgan fingerprint density at radius 3 is 2.50 bits per heavy atom. The minimum Gasteiger partial charge on any atom is -0.349 e. The zero-order valence-electron chi connectivity index (χ0n) is 11.3. The fourth-order valence-electron chi connectivity index (χ4n) is 2.37. The molecule has 0 bridgehead atoms. The molecular formula is C15H21N3. The average molecular weight is 243 g/mol. The van der Waals surface area contributed by atoms with Crippen molar-refractivity contribution < 1.29 is 0 Å². The Morgan fingerprint density at radius 2 is 1.94 bits per heavy atom. The maximum Gasteiger partial charge on any atom is 0.107 e. The highest BCUT2D eigenvalue weighted by molar-refractivity contribution is 5.31. The Balaban J connectivity index is 2.23. The molecule has 0 fully saturated rings. The molecular weight excluding hydrogens is 222 g/mol. The number of aromatic amines is 1. The normalized spacial score (nSPS) is 12.6. The van der Waals surface area contributed by atoms with Crippen molar-refractivity contribution in [2.75, 3.05) is 6.54 Å². The molecule has 1 aromatic carbocycles. The van der Waals surface area contributed by atoms with Gasteiger partial charge in [0.15, 0.2) is 0 Å². The summed E-state index contributed by atoms with van der Waals surface area (Å²) in [6.45, 7) is 7.38. The predicted octanol–water partition coefficient (Wildman–Crippen LogP) is 2.92. The molecule has 0 aliphatic carbocycles. The van der Waals surface area contributed by atoms with Gasteiger partial charge < -0.3 is 10.3 Å². The van der Waals surface area contributed by atoms with Gasteiger partial charge in [-0.1, -0.05) is 36.2 Å². The van der Waals surface area contributed by atoms with Gasteiger partial charge in [0.2, 0.25) is 0 Å². The molecule has 2 aromatic rings. The molecule has 2 N–H and O–H groups in total. The van der Waals surface area contributed by atoms with Crippen LogP contribution in [0.25, 0.3) is 0 Å². The lowest BCUT2D eigenvalue weighted by Crippen LogP contribution is -2.23. The number of imidazole rings is 1. The van der Waals surface area contributed by atoms with E-state index >= 15 is 0 Å². The summed E-state index contributed by atoms with van der Waals surface area (Å²) in [5.74, 6) is 1.03. The largest absolute Gasteiger partial charge is 0.349 e. The fraction of sp³-hybridized carbons (Fsp3) is 0.400. The molecule has 0 saturated heterocycles. The first-order valence-electron chi connectivity index (χ1n) is 6.49. The average Bonchev–Trinajstić information content (AvgIpc) is 2.80. The third-order valence-electron chi connectivity index (χ3n) is 3.05. The van der Waals surface area contributed by atoms with Crippen LogP contribution in [0.3, 0.4) is 0 Å². The highest BCUT2D eigenvalue weighted by Gasteiger charge is 2.13. The molecule has 0 amide bonds. The van der Waals surface area contributed by atoms with E-state index in [4.69, 9.17) is 0 Å². The van der Waals surface area contributed by atoms with E-state index in [0.29, 0.717) is 6.04 Å². The summed E-state index contributed by atoms with van der Waals surface area (Å²) in [4.78, 5) is 7.49. The van der Waals surface area contributed by atoms with Gasteiger partial charge >= 0.3 is 0 Å². The molecule has 3 nitrogen and oxygen atoms in total. The Bertz CT molecular complexity index is 468. The van der Waals surface area contributed by atoms with Crippen LogP contribution in [0, 0.1) is 13.8 Å². The molecule has 0 aliphatic rings. The smallest absolute Gasteiger partial charge is 0.107 e. The van der Waals surface area contributed by atoms with Crippen molar-refractivity contribution in [3.05, 3.63) is 53.1 Å². The number of aryl methyl sites for hydroxylation is 2. The van der Waals surface area contributed by atoms with Crippen LogP contribution in [0.5, 0.6) is 0 Å². The van der Waals surface area contributed by atoms with Gasteiger partial charge in [-0.2, -0.15) is 0 Å². The summed E-state index contributed by atoms with van der Waals surface area (Å²) in [5.41, 5.74) is 3.96. The standard InChI is InChI=1S/C15H21N3/c1-4-16-14(10-15-17-5-6-18-15)13-8-11(2)7-12(3)9-13/h5-9,14,16H,4,10H2,1-3H3,(H,17,18). The highest BCUT2D eigenvalue weighted by Crippen LogP contribution is 2.19. The lowest BCUT2D eigenvalue weighted by atomic mass is 9.99. The predicted molar refractivity (Wildman–Crippen MR) is 74.6 cm³/mol. The number of hydrogen-bond acceptors (Lipinski definition) is 2. The van der Waals surface area contributed by atoms with Gasteiger partial charge in [-0.3, -0.25) is 0 Å². The molecule has 3 heteroatoms. The zero-order valence-corrected chi connectivity index (χ0v) is 11.3. The Hall–Kier alpha value is -1.61. The fourth-order valence-corrected chi connectivity index (χ4v) is 2.37. The van der Waals surface area contributed by atoms with E-state index in [1.807, 2.05) is 6.20 Å². The summed E-state index contributed by atoms with van der Waals surface area (Å²) in [6.07, 6.45) is 4.57.